The van der Waals surface area contributed by atoms with Gasteiger partial charge in [0.15, 0.2) is 0 Å². The number of ether oxygens (including phenoxy) is 1. The van der Waals surface area contributed by atoms with Crippen LogP contribution < -0.4 is 4.74 Å². The predicted octanol–water partition coefficient (Wildman–Crippen LogP) is 2.80. The molecule has 2 aromatic rings. The van der Waals surface area contributed by atoms with E-state index in [0.29, 0.717) is 11.3 Å². The van der Waals surface area contributed by atoms with Gasteiger partial charge < -0.3 is 9.84 Å². The molecule has 21 heavy (non-hydrogen) atoms. The smallest absolute Gasteiger partial charge is 0.411 e. The van der Waals surface area contributed by atoms with Gasteiger partial charge in [-0.2, -0.15) is 0 Å². The highest BCUT2D eigenvalue weighted by atomic mass is 16.6. The van der Waals surface area contributed by atoms with Crippen LogP contribution in [-0.4, -0.2) is 16.0 Å². The lowest BCUT2D eigenvalue weighted by molar-refractivity contribution is -0.420. The zero-order valence-electron chi connectivity index (χ0n) is 10.8. The topological polar surface area (TPSA) is 89.7 Å². The van der Waals surface area contributed by atoms with Crippen LogP contribution in [0.4, 0.5) is 0 Å². The lowest BCUT2D eigenvalue weighted by atomic mass is 10.1. The maximum Gasteiger partial charge on any atom is 0.411 e. The molecule has 0 aliphatic heterocycles. The van der Waals surface area contributed by atoms with Crippen molar-refractivity contribution >= 4 is 11.7 Å². The highest BCUT2D eigenvalue weighted by molar-refractivity contribution is 5.92. The molecule has 2 rings (SSSR count). The Morgan fingerprint density at radius 1 is 1.00 bits per heavy atom. The third-order valence-electron chi connectivity index (χ3n) is 2.60. The van der Waals surface area contributed by atoms with Crippen molar-refractivity contribution in [2.45, 2.75) is 0 Å². The summed E-state index contributed by atoms with van der Waals surface area (Å²) in [4.78, 5) is 21.2. The van der Waals surface area contributed by atoms with E-state index in [2.05, 4.69) is 0 Å². The Bertz CT molecular complexity index is 664. The average Bonchev–Trinajstić information content (AvgIpc) is 2.48. The summed E-state index contributed by atoms with van der Waals surface area (Å²) in [5, 5.41) is 20.1. The summed E-state index contributed by atoms with van der Waals surface area (Å²) in [7, 11) is 0. The normalized spacial score (nSPS) is 11.4. The van der Waals surface area contributed by atoms with Gasteiger partial charge in [-0.05, 0) is 12.1 Å². The Hall–Kier alpha value is -3.15. The first kappa shape index (κ1) is 14.3. The largest absolute Gasteiger partial charge is 0.473 e. The van der Waals surface area contributed by atoms with Crippen LogP contribution >= 0.6 is 0 Å². The number of carbonyl (C=O) groups is 1. The first-order valence-electron chi connectivity index (χ1n) is 6.00. The highest BCUT2D eigenvalue weighted by Crippen LogP contribution is 2.24. The van der Waals surface area contributed by atoms with Crippen LogP contribution in [0.15, 0.2) is 66.4 Å². The number of nitro groups is 1. The van der Waals surface area contributed by atoms with Gasteiger partial charge in [0.05, 0.1) is 4.92 Å². The number of rotatable bonds is 5. The molecule has 0 aliphatic carbocycles. The Kier molecular flexibility index (Phi) is 4.30. The molecule has 2 aromatic carbocycles. The van der Waals surface area contributed by atoms with Crippen molar-refractivity contribution < 1.29 is 19.6 Å². The van der Waals surface area contributed by atoms with E-state index in [9.17, 15) is 14.9 Å². The molecule has 0 saturated heterocycles. The minimum atomic E-state index is -1.66. The molecule has 0 unspecified atom stereocenters. The zero-order valence-corrected chi connectivity index (χ0v) is 10.8. The van der Waals surface area contributed by atoms with E-state index in [1.165, 1.54) is 0 Å². The van der Waals surface area contributed by atoms with Gasteiger partial charge >= 0.3 is 11.7 Å². The second-order valence-electron chi connectivity index (χ2n) is 4.02. The summed E-state index contributed by atoms with van der Waals surface area (Å²) in [5.74, 6) is -1.65. The number of hydrogen-bond donors (Lipinski definition) is 1. The maximum atomic E-state index is 11.2. The number of hydrogen-bond acceptors (Lipinski definition) is 4. The summed E-state index contributed by atoms with van der Waals surface area (Å²) in [6.45, 7) is 0. The molecule has 6 heteroatoms. The van der Waals surface area contributed by atoms with Gasteiger partial charge in [-0.15, -0.1) is 0 Å². The highest BCUT2D eigenvalue weighted by Gasteiger charge is 2.30. The molecule has 0 aromatic heterocycles. The van der Waals surface area contributed by atoms with Crippen LogP contribution in [0.2, 0.25) is 0 Å². The molecule has 0 saturated carbocycles. The second kappa shape index (κ2) is 6.33. The van der Waals surface area contributed by atoms with Gasteiger partial charge in [0, 0.05) is 5.56 Å². The monoisotopic (exact) mass is 285 g/mol. The SMILES string of the molecule is O=C(O)/C(=C(\Oc1ccccc1)c1ccccc1)[N+](=O)[O-]. The predicted molar refractivity (Wildman–Crippen MR) is 75.1 cm³/mol. The van der Waals surface area contributed by atoms with Gasteiger partial charge in [-0.25, -0.2) is 4.79 Å². The second-order valence-corrected chi connectivity index (χ2v) is 4.02. The third kappa shape index (κ3) is 3.44. The Morgan fingerprint density at radius 3 is 2.00 bits per heavy atom. The summed E-state index contributed by atoms with van der Waals surface area (Å²) in [5.41, 5.74) is -0.694. The molecule has 0 heterocycles. The molecule has 6 nitrogen and oxygen atoms in total. The van der Waals surface area contributed by atoms with Crippen molar-refractivity contribution in [3.05, 3.63) is 82.0 Å². The van der Waals surface area contributed by atoms with E-state index in [4.69, 9.17) is 9.84 Å². The van der Waals surface area contributed by atoms with Crippen molar-refractivity contribution in [2.24, 2.45) is 0 Å². The third-order valence-corrected chi connectivity index (χ3v) is 2.60. The van der Waals surface area contributed by atoms with Crippen LogP contribution in [0.25, 0.3) is 5.76 Å². The van der Waals surface area contributed by atoms with Gasteiger partial charge in [0.1, 0.15) is 5.75 Å². The van der Waals surface area contributed by atoms with Gasteiger partial charge in [0.2, 0.25) is 5.76 Å². The van der Waals surface area contributed by atoms with Crippen LogP contribution in [0.5, 0.6) is 5.75 Å². The van der Waals surface area contributed by atoms with Crippen LogP contribution in [-0.2, 0) is 4.79 Å². The first-order valence-corrected chi connectivity index (χ1v) is 6.00. The Labute approximate surface area is 120 Å². The quantitative estimate of drug-likeness (QED) is 0.395. The molecule has 1 N–H and O–H groups in total. The molecule has 0 fully saturated rings. The lowest BCUT2D eigenvalue weighted by Gasteiger charge is -2.09. The minimum absolute atomic E-state index is 0.306. The number of benzene rings is 2. The molecule has 0 amide bonds. The molecular formula is C15H11NO5. The number of nitrogens with zero attached hydrogens (tertiary/aromatic N) is 1. The standard InChI is InChI=1S/C15H11NO5/c17-15(18)13(16(19)20)14(11-7-3-1-4-8-11)21-12-9-5-2-6-10-12/h1-10H,(H,17,18)/b14-13+. The number of carboxylic acids is 1. The van der Waals surface area contributed by atoms with Crippen molar-refractivity contribution in [1.29, 1.82) is 0 Å². The van der Waals surface area contributed by atoms with E-state index in [1.807, 2.05) is 0 Å². The first-order chi connectivity index (χ1) is 10.1. The van der Waals surface area contributed by atoms with Gasteiger partial charge in [-0.3, -0.25) is 10.1 Å². The van der Waals surface area contributed by atoms with Crippen molar-refractivity contribution in [1.82, 2.24) is 0 Å². The fourth-order valence-electron chi connectivity index (χ4n) is 1.70. The van der Waals surface area contributed by atoms with E-state index < -0.39 is 16.6 Å². The fraction of sp³-hybridized carbons (Fsp3) is 0. The van der Waals surface area contributed by atoms with E-state index in [0.717, 1.165) is 0 Å². The van der Waals surface area contributed by atoms with Gasteiger partial charge in [0.25, 0.3) is 0 Å². The zero-order chi connectivity index (χ0) is 15.2. The van der Waals surface area contributed by atoms with Crippen LogP contribution in [0.1, 0.15) is 5.56 Å². The summed E-state index contributed by atoms with van der Waals surface area (Å²) in [6, 6.07) is 16.4. The number of para-hydroxylation sites is 1. The summed E-state index contributed by atoms with van der Waals surface area (Å²) >= 11 is 0. The van der Waals surface area contributed by atoms with Crippen LogP contribution in [0.3, 0.4) is 0 Å². The fourth-order valence-corrected chi connectivity index (χ4v) is 1.70. The Balaban J connectivity index is 2.57. The maximum absolute atomic E-state index is 11.2. The van der Waals surface area contributed by atoms with Crippen molar-refractivity contribution in [2.75, 3.05) is 0 Å². The number of carboxylic acid groups (broad SMARTS) is 1. The molecule has 0 aliphatic rings. The number of aliphatic carboxylic acids is 1. The molecule has 0 bridgehead atoms. The molecule has 106 valence electrons. The van der Waals surface area contributed by atoms with Gasteiger partial charge in [-0.1, -0.05) is 48.5 Å². The molecular weight excluding hydrogens is 274 g/mol. The van der Waals surface area contributed by atoms with Crippen LogP contribution in [0, 0.1) is 10.1 Å². The van der Waals surface area contributed by atoms with E-state index in [1.54, 1.807) is 60.7 Å². The molecule has 0 atom stereocenters. The Morgan fingerprint density at radius 2 is 1.52 bits per heavy atom. The summed E-state index contributed by atoms with van der Waals surface area (Å²) in [6.07, 6.45) is 0. The van der Waals surface area contributed by atoms with E-state index in [-0.39, 0.29) is 5.76 Å². The molecule has 0 radical (unpaired) electrons. The van der Waals surface area contributed by atoms with E-state index >= 15 is 0 Å². The van der Waals surface area contributed by atoms with Crippen molar-refractivity contribution in [3.63, 3.8) is 0 Å². The lowest BCUT2D eigenvalue weighted by Crippen LogP contribution is -2.15. The molecule has 0 spiro atoms. The van der Waals surface area contributed by atoms with Crippen molar-refractivity contribution in [3.8, 4) is 5.75 Å². The summed E-state index contributed by atoms with van der Waals surface area (Å²) < 4.78 is 5.44. The average molecular weight is 285 g/mol. The minimum Gasteiger partial charge on any atom is -0.473 e.